The van der Waals surface area contributed by atoms with Gasteiger partial charge in [0, 0.05) is 22.5 Å². The fourth-order valence-electron chi connectivity index (χ4n) is 3.48. The normalized spacial score (nSPS) is 11.1. The molecule has 7 heteroatoms. The lowest BCUT2D eigenvalue weighted by Gasteiger charge is -2.19. The van der Waals surface area contributed by atoms with Crippen molar-refractivity contribution in [3.05, 3.63) is 89.5 Å². The van der Waals surface area contributed by atoms with Crippen LogP contribution in [0.5, 0.6) is 5.75 Å². The molecule has 6 nitrogen and oxygen atoms in total. The van der Waals surface area contributed by atoms with Gasteiger partial charge in [0.2, 0.25) is 0 Å². The highest BCUT2D eigenvalue weighted by atomic mass is 32.1. The molecule has 0 bridgehead atoms. The van der Waals surface area contributed by atoms with Gasteiger partial charge in [-0.15, -0.1) is 0 Å². The number of hydrogen-bond donors (Lipinski definition) is 3. The maximum absolute atomic E-state index is 12.7. The summed E-state index contributed by atoms with van der Waals surface area (Å²) < 4.78 is 5.74. The number of hydrogen-bond acceptors (Lipinski definition) is 4. The first-order valence-electron chi connectivity index (χ1n) is 12.4. The minimum atomic E-state index is -0.338. The van der Waals surface area contributed by atoms with Gasteiger partial charge < -0.3 is 15.4 Å². The molecule has 0 aromatic heterocycles. The average Bonchev–Trinajstić information content (AvgIpc) is 2.83. The first-order chi connectivity index (χ1) is 17.5. The topological polar surface area (TPSA) is 79.5 Å². The zero-order valence-electron chi connectivity index (χ0n) is 22.1. The number of nitrogens with one attached hydrogen (secondary N) is 3. The van der Waals surface area contributed by atoms with Crippen LogP contribution in [0.25, 0.3) is 0 Å². The summed E-state index contributed by atoms with van der Waals surface area (Å²) in [5.74, 6) is 0.643. The van der Waals surface area contributed by atoms with Crippen LogP contribution < -0.4 is 20.7 Å². The first-order valence-corrected chi connectivity index (χ1v) is 12.8. The Morgan fingerprint density at radius 1 is 0.838 bits per heavy atom. The van der Waals surface area contributed by atoms with Crippen LogP contribution in [0.15, 0.2) is 72.8 Å². The number of thiocarbonyl (C=S) groups is 1. The lowest BCUT2D eigenvalue weighted by Crippen LogP contribution is -2.34. The van der Waals surface area contributed by atoms with E-state index in [2.05, 4.69) is 50.6 Å². The summed E-state index contributed by atoms with van der Waals surface area (Å²) >= 11 is 5.33. The molecule has 3 aromatic rings. The monoisotopic (exact) mass is 517 g/mol. The van der Waals surface area contributed by atoms with Gasteiger partial charge in [-0.25, -0.2) is 0 Å². The number of benzene rings is 3. The Kier molecular flexibility index (Phi) is 9.42. The van der Waals surface area contributed by atoms with Crippen LogP contribution in [0.4, 0.5) is 11.4 Å². The van der Waals surface area contributed by atoms with Gasteiger partial charge in [-0.05, 0) is 84.1 Å². The second-order valence-electron chi connectivity index (χ2n) is 10.3. The minimum Gasteiger partial charge on any atom is -0.494 e. The van der Waals surface area contributed by atoms with Crippen molar-refractivity contribution in [1.29, 1.82) is 0 Å². The second-order valence-corrected chi connectivity index (χ2v) is 10.7. The third-order valence-electron chi connectivity index (χ3n) is 5.68. The van der Waals surface area contributed by atoms with Gasteiger partial charge in [0.05, 0.1) is 6.61 Å². The Morgan fingerprint density at radius 3 is 2.14 bits per heavy atom. The zero-order valence-corrected chi connectivity index (χ0v) is 22.9. The Balaban J connectivity index is 1.57. The number of rotatable bonds is 8. The Morgan fingerprint density at radius 2 is 1.49 bits per heavy atom. The van der Waals surface area contributed by atoms with Crippen molar-refractivity contribution in [3.8, 4) is 5.75 Å². The number of amides is 2. The van der Waals surface area contributed by atoms with Crippen molar-refractivity contribution in [2.45, 2.75) is 46.5 Å². The third kappa shape index (κ3) is 8.72. The van der Waals surface area contributed by atoms with Gasteiger partial charge in [0.25, 0.3) is 11.8 Å². The summed E-state index contributed by atoms with van der Waals surface area (Å²) in [6.45, 7) is 11.3. The molecule has 0 atom stereocenters. The van der Waals surface area contributed by atoms with Crippen LogP contribution in [0.1, 0.15) is 67.3 Å². The van der Waals surface area contributed by atoms with Crippen LogP contribution in [0.2, 0.25) is 0 Å². The van der Waals surface area contributed by atoms with Gasteiger partial charge in [-0.2, -0.15) is 0 Å². The van der Waals surface area contributed by atoms with Crippen molar-refractivity contribution in [2.75, 3.05) is 17.2 Å². The van der Waals surface area contributed by atoms with Crippen LogP contribution in [0.3, 0.4) is 0 Å². The quantitative estimate of drug-likeness (QED) is 0.287. The first kappa shape index (κ1) is 27.9. The van der Waals surface area contributed by atoms with E-state index in [-0.39, 0.29) is 22.3 Å². The lowest BCUT2D eigenvalue weighted by molar-refractivity contribution is 0.0976. The van der Waals surface area contributed by atoms with Crippen molar-refractivity contribution < 1.29 is 14.3 Å². The molecule has 0 aliphatic carbocycles. The van der Waals surface area contributed by atoms with Crippen LogP contribution in [0, 0.1) is 5.92 Å². The molecule has 3 rings (SSSR count). The van der Waals surface area contributed by atoms with Crippen LogP contribution >= 0.6 is 12.2 Å². The molecule has 0 spiro atoms. The number of ether oxygens (including phenoxy) is 1. The summed E-state index contributed by atoms with van der Waals surface area (Å²) in [6, 6.07) is 21.7. The molecular weight excluding hydrogens is 482 g/mol. The minimum absolute atomic E-state index is 0.0207. The highest BCUT2D eigenvalue weighted by molar-refractivity contribution is 7.80. The summed E-state index contributed by atoms with van der Waals surface area (Å²) in [5.41, 5.74) is 3.45. The largest absolute Gasteiger partial charge is 0.494 e. The van der Waals surface area contributed by atoms with Gasteiger partial charge in [-0.1, -0.05) is 58.9 Å². The molecule has 0 fully saturated rings. The van der Waals surface area contributed by atoms with Gasteiger partial charge >= 0.3 is 0 Å². The molecule has 0 saturated heterocycles. The highest BCUT2D eigenvalue weighted by Gasteiger charge is 2.15. The van der Waals surface area contributed by atoms with Crippen molar-refractivity contribution >= 4 is 40.5 Å². The van der Waals surface area contributed by atoms with E-state index in [1.807, 2.05) is 30.3 Å². The zero-order chi connectivity index (χ0) is 27.0. The Hall–Kier alpha value is -3.71. The van der Waals surface area contributed by atoms with Crippen LogP contribution in [-0.4, -0.2) is 23.5 Å². The smallest absolute Gasteiger partial charge is 0.257 e. The molecule has 3 aromatic carbocycles. The predicted octanol–water partition coefficient (Wildman–Crippen LogP) is 6.79. The van der Waals surface area contributed by atoms with E-state index in [1.165, 1.54) is 0 Å². The Bertz CT molecular complexity index is 1250. The number of anilines is 2. The summed E-state index contributed by atoms with van der Waals surface area (Å²) in [6.07, 6.45) is 0.938. The summed E-state index contributed by atoms with van der Waals surface area (Å²) in [5, 5.41) is 8.74. The fraction of sp³-hybridized carbons (Fsp3) is 0.300. The molecule has 0 saturated carbocycles. The van der Waals surface area contributed by atoms with E-state index in [0.29, 0.717) is 40.8 Å². The standard InChI is InChI=1S/C30H35N3O3S/c1-20(2)16-17-36-26-11-6-8-22(18-26)28(35)33-29(37)32-25-10-7-9-24(19-25)31-27(34)21-12-14-23(15-13-21)30(3,4)5/h6-15,18-20H,16-17H2,1-5H3,(H,31,34)(H2,32,33,35,37). The lowest BCUT2D eigenvalue weighted by atomic mass is 9.87. The molecule has 0 unspecified atom stereocenters. The molecular formula is C30H35N3O3S. The SMILES string of the molecule is CC(C)CCOc1cccc(C(=O)NC(=S)Nc2cccc(NC(=O)c3ccc(C(C)(C)C)cc3)c2)c1. The number of carbonyl (C=O) groups is 2. The molecule has 0 heterocycles. The van der Waals surface area contributed by atoms with Crippen molar-refractivity contribution in [2.24, 2.45) is 5.92 Å². The third-order valence-corrected chi connectivity index (χ3v) is 5.88. The van der Waals surface area contributed by atoms with E-state index < -0.39 is 0 Å². The highest BCUT2D eigenvalue weighted by Crippen LogP contribution is 2.23. The van der Waals surface area contributed by atoms with Gasteiger partial charge in [-0.3, -0.25) is 14.9 Å². The van der Waals surface area contributed by atoms with Crippen LogP contribution in [-0.2, 0) is 5.41 Å². The average molecular weight is 518 g/mol. The summed E-state index contributed by atoms with van der Waals surface area (Å²) in [4.78, 5) is 25.4. The maximum atomic E-state index is 12.7. The molecule has 3 N–H and O–H groups in total. The van der Waals surface area contributed by atoms with Crippen molar-refractivity contribution in [1.82, 2.24) is 5.32 Å². The van der Waals surface area contributed by atoms with E-state index in [1.54, 1.807) is 42.5 Å². The maximum Gasteiger partial charge on any atom is 0.257 e. The second kappa shape index (κ2) is 12.5. The van der Waals surface area contributed by atoms with E-state index in [4.69, 9.17) is 17.0 Å². The van der Waals surface area contributed by atoms with Gasteiger partial charge in [0.1, 0.15) is 5.75 Å². The van der Waals surface area contributed by atoms with E-state index >= 15 is 0 Å². The Labute approximate surface area is 224 Å². The molecule has 37 heavy (non-hydrogen) atoms. The number of carbonyl (C=O) groups excluding carboxylic acids is 2. The molecule has 0 radical (unpaired) electrons. The van der Waals surface area contributed by atoms with E-state index in [9.17, 15) is 9.59 Å². The van der Waals surface area contributed by atoms with Crippen molar-refractivity contribution in [3.63, 3.8) is 0 Å². The summed E-state index contributed by atoms with van der Waals surface area (Å²) in [7, 11) is 0. The molecule has 0 aliphatic heterocycles. The molecule has 0 aliphatic rings. The fourth-order valence-corrected chi connectivity index (χ4v) is 3.69. The predicted molar refractivity (Wildman–Crippen MR) is 155 cm³/mol. The van der Waals surface area contributed by atoms with Gasteiger partial charge in [0.15, 0.2) is 5.11 Å². The molecule has 2 amide bonds. The van der Waals surface area contributed by atoms with E-state index in [0.717, 1.165) is 12.0 Å². The molecule has 194 valence electrons.